The van der Waals surface area contributed by atoms with Gasteiger partial charge in [0, 0.05) is 24.6 Å². The van der Waals surface area contributed by atoms with Crippen LogP contribution in [0.25, 0.3) is 0 Å². The molecule has 3 N–H and O–H groups in total. The van der Waals surface area contributed by atoms with Gasteiger partial charge in [-0.25, -0.2) is 4.98 Å². The Kier molecular flexibility index (Phi) is 3.34. The number of nitrogens with two attached hydrogens (primary N) is 1. The summed E-state index contributed by atoms with van der Waals surface area (Å²) in [5.74, 6) is 0.968. The van der Waals surface area contributed by atoms with Crippen LogP contribution in [-0.2, 0) is 10.2 Å². The molecule has 1 aliphatic rings. The van der Waals surface area contributed by atoms with E-state index in [1.165, 1.54) is 0 Å². The summed E-state index contributed by atoms with van der Waals surface area (Å²) in [6.45, 7) is 9.37. The molecule has 1 amide bonds. The molecule has 1 unspecified atom stereocenters. The quantitative estimate of drug-likeness (QED) is 0.778. The molecular formula is C13H21N5O. The van der Waals surface area contributed by atoms with E-state index in [1.54, 1.807) is 6.07 Å². The number of nitrogens with zero attached hydrogens (tertiary/aromatic N) is 3. The first kappa shape index (κ1) is 13.6. The average molecular weight is 263 g/mol. The topological polar surface area (TPSA) is 84.1 Å². The summed E-state index contributed by atoms with van der Waals surface area (Å²) in [6, 6.07) is 1.52. The first-order valence-corrected chi connectivity index (χ1v) is 6.48. The Morgan fingerprint density at radius 2 is 2.11 bits per heavy atom. The largest absolute Gasteiger partial charge is 0.384 e. The molecule has 1 aromatic rings. The molecule has 2 heterocycles. The van der Waals surface area contributed by atoms with E-state index in [0.717, 1.165) is 5.69 Å². The van der Waals surface area contributed by atoms with Crippen molar-refractivity contribution >= 4 is 17.7 Å². The second-order valence-electron chi connectivity index (χ2n) is 5.89. The number of rotatable bonds is 1. The third-order valence-corrected chi connectivity index (χ3v) is 3.26. The smallest absolute Gasteiger partial charge is 0.242 e. The third kappa shape index (κ3) is 2.77. The molecule has 0 aliphatic carbocycles. The van der Waals surface area contributed by atoms with Crippen molar-refractivity contribution < 1.29 is 4.79 Å². The fraction of sp³-hybridized carbons (Fsp3) is 0.615. The number of hydrogen-bond acceptors (Lipinski definition) is 5. The van der Waals surface area contributed by atoms with Crippen LogP contribution in [0.2, 0.25) is 0 Å². The monoisotopic (exact) mass is 263 g/mol. The van der Waals surface area contributed by atoms with Gasteiger partial charge < -0.3 is 16.0 Å². The van der Waals surface area contributed by atoms with Gasteiger partial charge in [0.1, 0.15) is 11.9 Å². The molecule has 1 fully saturated rings. The summed E-state index contributed by atoms with van der Waals surface area (Å²) in [6.07, 6.45) is 0. The summed E-state index contributed by atoms with van der Waals surface area (Å²) in [5.41, 5.74) is 6.64. The molecule has 0 aromatic carbocycles. The van der Waals surface area contributed by atoms with Crippen molar-refractivity contribution in [3.8, 4) is 0 Å². The number of nitrogens with one attached hydrogen (secondary N) is 1. The van der Waals surface area contributed by atoms with Crippen molar-refractivity contribution in [2.45, 2.75) is 39.2 Å². The Morgan fingerprint density at radius 3 is 2.74 bits per heavy atom. The van der Waals surface area contributed by atoms with E-state index in [4.69, 9.17) is 5.73 Å². The molecule has 0 radical (unpaired) electrons. The van der Waals surface area contributed by atoms with Crippen molar-refractivity contribution in [1.82, 2.24) is 15.3 Å². The molecule has 0 saturated carbocycles. The van der Waals surface area contributed by atoms with Gasteiger partial charge in [-0.05, 0) is 6.92 Å². The highest BCUT2D eigenvalue weighted by Crippen LogP contribution is 2.24. The van der Waals surface area contributed by atoms with Crippen LogP contribution in [-0.4, -0.2) is 35.0 Å². The van der Waals surface area contributed by atoms with Crippen molar-refractivity contribution in [3.63, 3.8) is 0 Å². The maximum Gasteiger partial charge on any atom is 0.242 e. The number of nitrogen functional groups attached to an aromatic ring is 1. The predicted molar refractivity (Wildman–Crippen MR) is 75.0 cm³/mol. The molecule has 1 saturated heterocycles. The van der Waals surface area contributed by atoms with Gasteiger partial charge in [-0.1, -0.05) is 20.8 Å². The van der Waals surface area contributed by atoms with Gasteiger partial charge >= 0.3 is 0 Å². The minimum Gasteiger partial charge on any atom is -0.384 e. The third-order valence-electron chi connectivity index (χ3n) is 3.26. The second kappa shape index (κ2) is 4.68. The van der Waals surface area contributed by atoms with E-state index in [2.05, 4.69) is 36.1 Å². The zero-order valence-corrected chi connectivity index (χ0v) is 11.9. The zero-order valence-electron chi connectivity index (χ0n) is 11.9. The minimum absolute atomic E-state index is 0.00502. The van der Waals surface area contributed by atoms with Crippen molar-refractivity contribution in [1.29, 1.82) is 0 Å². The number of aromatic nitrogens is 2. The molecule has 6 heteroatoms. The molecule has 0 bridgehead atoms. The highest BCUT2D eigenvalue weighted by atomic mass is 16.2. The fourth-order valence-corrected chi connectivity index (χ4v) is 2.02. The Morgan fingerprint density at radius 1 is 1.42 bits per heavy atom. The Labute approximate surface area is 113 Å². The fourth-order valence-electron chi connectivity index (χ4n) is 2.02. The van der Waals surface area contributed by atoms with Crippen molar-refractivity contribution in [3.05, 3.63) is 11.8 Å². The molecule has 6 nitrogen and oxygen atoms in total. The van der Waals surface area contributed by atoms with E-state index in [-0.39, 0.29) is 17.4 Å². The number of carbonyl (C=O) groups is 1. The first-order valence-electron chi connectivity index (χ1n) is 6.48. The van der Waals surface area contributed by atoms with E-state index in [9.17, 15) is 4.79 Å². The SMILES string of the molecule is CC1C(=O)NCCN1c1nc(N)cc(C(C)(C)C)n1. The number of anilines is 2. The average Bonchev–Trinajstić information content (AvgIpc) is 2.31. The van der Waals surface area contributed by atoms with Gasteiger partial charge in [-0.15, -0.1) is 0 Å². The number of piperazine rings is 1. The van der Waals surface area contributed by atoms with Crippen LogP contribution in [0.3, 0.4) is 0 Å². The predicted octanol–water partition coefficient (Wildman–Crippen LogP) is 0.681. The summed E-state index contributed by atoms with van der Waals surface area (Å²) in [5, 5.41) is 2.82. The van der Waals surface area contributed by atoms with Gasteiger partial charge in [0.15, 0.2) is 0 Å². The second-order valence-corrected chi connectivity index (χ2v) is 5.89. The van der Waals surface area contributed by atoms with E-state index < -0.39 is 0 Å². The van der Waals surface area contributed by atoms with Crippen LogP contribution in [0.4, 0.5) is 11.8 Å². The Hall–Kier alpha value is -1.85. The summed E-state index contributed by atoms with van der Waals surface area (Å²) in [4.78, 5) is 22.4. The first-order chi connectivity index (χ1) is 8.79. The van der Waals surface area contributed by atoms with Gasteiger partial charge in [0.2, 0.25) is 11.9 Å². The van der Waals surface area contributed by atoms with Crippen molar-refractivity contribution in [2.24, 2.45) is 0 Å². The number of carbonyl (C=O) groups excluding carboxylic acids is 1. The summed E-state index contributed by atoms with van der Waals surface area (Å²) >= 11 is 0. The van der Waals surface area contributed by atoms with E-state index in [1.807, 2.05) is 11.8 Å². The standard InChI is InChI=1S/C13H21N5O/c1-8-11(19)15-5-6-18(8)12-16-9(13(2,3)4)7-10(14)17-12/h7-8H,5-6H2,1-4H3,(H,15,19)(H2,14,16,17). The van der Waals surface area contributed by atoms with Gasteiger partial charge in [0.05, 0.1) is 5.69 Å². The van der Waals surface area contributed by atoms with Crippen LogP contribution >= 0.6 is 0 Å². The number of hydrogen-bond donors (Lipinski definition) is 2. The molecule has 19 heavy (non-hydrogen) atoms. The van der Waals surface area contributed by atoms with Gasteiger partial charge in [-0.3, -0.25) is 4.79 Å². The van der Waals surface area contributed by atoms with Crippen LogP contribution < -0.4 is 16.0 Å². The highest BCUT2D eigenvalue weighted by molar-refractivity contribution is 5.85. The Bertz CT molecular complexity index is 494. The maximum absolute atomic E-state index is 11.7. The molecule has 1 aliphatic heterocycles. The Balaban J connectivity index is 2.39. The molecule has 1 aromatic heterocycles. The van der Waals surface area contributed by atoms with Crippen LogP contribution in [0.1, 0.15) is 33.4 Å². The van der Waals surface area contributed by atoms with Gasteiger partial charge in [-0.2, -0.15) is 4.98 Å². The van der Waals surface area contributed by atoms with E-state index >= 15 is 0 Å². The lowest BCUT2D eigenvalue weighted by atomic mass is 9.92. The normalized spacial score (nSPS) is 20.3. The lowest BCUT2D eigenvalue weighted by Gasteiger charge is -2.33. The van der Waals surface area contributed by atoms with Crippen LogP contribution in [0, 0.1) is 0 Å². The van der Waals surface area contributed by atoms with Crippen LogP contribution in [0.5, 0.6) is 0 Å². The van der Waals surface area contributed by atoms with Crippen LogP contribution in [0.15, 0.2) is 6.07 Å². The molecule has 1 atom stereocenters. The van der Waals surface area contributed by atoms with Crippen molar-refractivity contribution in [2.75, 3.05) is 23.7 Å². The zero-order chi connectivity index (χ0) is 14.2. The number of amides is 1. The lowest BCUT2D eigenvalue weighted by Crippen LogP contribution is -2.54. The van der Waals surface area contributed by atoms with E-state index in [0.29, 0.717) is 24.9 Å². The molecule has 2 rings (SSSR count). The lowest BCUT2D eigenvalue weighted by molar-refractivity contribution is -0.122. The molecule has 104 valence electrons. The highest BCUT2D eigenvalue weighted by Gasteiger charge is 2.28. The maximum atomic E-state index is 11.7. The van der Waals surface area contributed by atoms with Gasteiger partial charge in [0.25, 0.3) is 0 Å². The molecular weight excluding hydrogens is 242 g/mol. The minimum atomic E-state index is -0.275. The summed E-state index contributed by atoms with van der Waals surface area (Å²) in [7, 11) is 0. The molecule has 0 spiro atoms. The summed E-state index contributed by atoms with van der Waals surface area (Å²) < 4.78 is 0.